The van der Waals surface area contributed by atoms with Crippen LogP contribution in [0.15, 0.2) is 90.1 Å². The number of hydrogen-bond donors (Lipinski definition) is 1. The van der Waals surface area contributed by atoms with Crippen LogP contribution in [0.25, 0.3) is 5.69 Å². The number of amides is 1. The molecule has 0 aliphatic heterocycles. The Hall–Kier alpha value is -3.58. The molecular formula is C26H24N4O2S. The van der Waals surface area contributed by atoms with Crippen LogP contribution < -0.4 is 10.1 Å². The van der Waals surface area contributed by atoms with Crippen molar-refractivity contribution in [2.24, 2.45) is 0 Å². The van der Waals surface area contributed by atoms with Crippen LogP contribution in [-0.2, 0) is 4.79 Å². The zero-order valence-electron chi connectivity index (χ0n) is 18.2. The highest BCUT2D eigenvalue weighted by Gasteiger charge is 2.32. The largest absolute Gasteiger partial charge is 0.497 e. The van der Waals surface area contributed by atoms with Crippen molar-refractivity contribution in [3.05, 3.63) is 96.3 Å². The highest BCUT2D eigenvalue weighted by Crippen LogP contribution is 2.42. The van der Waals surface area contributed by atoms with Crippen LogP contribution in [0.1, 0.15) is 35.4 Å². The Morgan fingerprint density at radius 2 is 1.76 bits per heavy atom. The summed E-state index contributed by atoms with van der Waals surface area (Å²) < 4.78 is 7.20. The van der Waals surface area contributed by atoms with Gasteiger partial charge in [0.05, 0.1) is 12.8 Å². The summed E-state index contributed by atoms with van der Waals surface area (Å²) in [4.78, 5) is 18.2. The van der Waals surface area contributed by atoms with Crippen molar-refractivity contribution >= 4 is 23.4 Å². The molecule has 0 bridgehead atoms. The molecule has 1 aliphatic rings. The summed E-state index contributed by atoms with van der Waals surface area (Å²) in [5.74, 6) is 1.94. The highest BCUT2D eigenvalue weighted by molar-refractivity contribution is 8.00. The van der Waals surface area contributed by atoms with Gasteiger partial charge in [-0.1, -0.05) is 66.4 Å². The summed E-state index contributed by atoms with van der Waals surface area (Å²) in [6.45, 7) is 0. The minimum Gasteiger partial charge on any atom is -0.497 e. The van der Waals surface area contributed by atoms with Gasteiger partial charge in [0.2, 0.25) is 11.1 Å². The van der Waals surface area contributed by atoms with Gasteiger partial charge >= 0.3 is 0 Å². The molecule has 0 saturated heterocycles. The number of para-hydroxylation sites is 1. The molecule has 3 aromatic carbocycles. The maximum atomic E-state index is 13.4. The van der Waals surface area contributed by atoms with Crippen molar-refractivity contribution in [1.29, 1.82) is 0 Å². The van der Waals surface area contributed by atoms with E-state index in [1.165, 1.54) is 11.8 Å². The number of ether oxygens (including phenoxy) is 1. The zero-order chi connectivity index (χ0) is 22.6. The van der Waals surface area contributed by atoms with Crippen LogP contribution in [0, 0.1) is 0 Å². The third-order valence-electron chi connectivity index (χ3n) is 5.46. The number of carbonyl (C=O) groups excluding carboxylic acids is 1. The average Bonchev–Trinajstić information content (AvgIpc) is 3.63. The summed E-state index contributed by atoms with van der Waals surface area (Å²) in [5, 5.41) is 7.90. The molecule has 1 atom stereocenters. The van der Waals surface area contributed by atoms with E-state index in [2.05, 4.69) is 5.32 Å². The molecule has 166 valence electrons. The summed E-state index contributed by atoms with van der Waals surface area (Å²) in [5.41, 5.74) is 2.56. The lowest BCUT2D eigenvalue weighted by Gasteiger charge is -2.16. The van der Waals surface area contributed by atoms with Crippen molar-refractivity contribution < 1.29 is 9.53 Å². The van der Waals surface area contributed by atoms with E-state index in [0.717, 1.165) is 29.9 Å². The molecule has 1 saturated carbocycles. The van der Waals surface area contributed by atoms with Crippen LogP contribution in [-0.4, -0.2) is 27.8 Å². The Bertz CT molecular complexity index is 1240. The molecule has 0 spiro atoms. The van der Waals surface area contributed by atoms with Crippen LogP contribution in [0.3, 0.4) is 0 Å². The first kappa shape index (κ1) is 21.3. The Labute approximate surface area is 197 Å². The number of carbonyl (C=O) groups is 1. The fourth-order valence-corrected chi connectivity index (χ4v) is 4.58. The van der Waals surface area contributed by atoms with Crippen molar-refractivity contribution in [3.8, 4) is 11.4 Å². The maximum Gasteiger partial charge on any atom is 0.242 e. The summed E-state index contributed by atoms with van der Waals surface area (Å²) in [6, 6.07) is 27.1. The second-order valence-electron chi connectivity index (χ2n) is 7.90. The lowest BCUT2D eigenvalue weighted by Crippen LogP contribution is -2.19. The van der Waals surface area contributed by atoms with Crippen LogP contribution in [0.2, 0.25) is 0 Å². The van der Waals surface area contributed by atoms with Crippen LogP contribution in [0.4, 0.5) is 5.69 Å². The second kappa shape index (κ2) is 9.50. The minimum absolute atomic E-state index is 0.136. The van der Waals surface area contributed by atoms with Gasteiger partial charge in [-0.15, -0.1) is 5.10 Å². The van der Waals surface area contributed by atoms with Crippen molar-refractivity contribution in [1.82, 2.24) is 14.8 Å². The monoisotopic (exact) mass is 456 g/mol. The molecule has 6 nitrogen and oxygen atoms in total. The normalized spacial score (nSPS) is 14.0. The third-order valence-corrected chi connectivity index (χ3v) is 6.56. The van der Waals surface area contributed by atoms with Gasteiger partial charge < -0.3 is 10.1 Å². The van der Waals surface area contributed by atoms with Gasteiger partial charge in [-0.25, -0.2) is 9.67 Å². The van der Waals surface area contributed by atoms with Gasteiger partial charge in [-0.2, -0.15) is 0 Å². The molecular weight excluding hydrogens is 432 g/mol. The smallest absolute Gasteiger partial charge is 0.242 e. The minimum atomic E-state index is -0.504. The van der Waals surface area contributed by atoms with Crippen LogP contribution in [0.5, 0.6) is 5.75 Å². The fourth-order valence-electron chi connectivity index (χ4n) is 3.63. The molecule has 33 heavy (non-hydrogen) atoms. The molecule has 5 rings (SSSR count). The number of benzene rings is 3. The summed E-state index contributed by atoms with van der Waals surface area (Å²) >= 11 is 1.37. The van der Waals surface area contributed by atoms with E-state index in [0.29, 0.717) is 22.5 Å². The Morgan fingerprint density at radius 3 is 2.45 bits per heavy atom. The third kappa shape index (κ3) is 4.93. The number of aromatic nitrogens is 3. The first-order valence-corrected chi connectivity index (χ1v) is 11.8. The molecule has 0 unspecified atom stereocenters. The predicted octanol–water partition coefficient (Wildman–Crippen LogP) is 5.63. The van der Waals surface area contributed by atoms with Crippen molar-refractivity contribution in [2.45, 2.75) is 29.2 Å². The van der Waals surface area contributed by atoms with Crippen molar-refractivity contribution in [3.63, 3.8) is 0 Å². The van der Waals surface area contributed by atoms with Gasteiger partial charge in [0.1, 0.15) is 16.8 Å². The van der Waals surface area contributed by atoms with Gasteiger partial charge in [0, 0.05) is 17.7 Å². The molecule has 1 aliphatic carbocycles. The Morgan fingerprint density at radius 1 is 1.03 bits per heavy atom. The number of anilines is 1. The molecule has 1 aromatic heterocycles. The quantitative estimate of drug-likeness (QED) is 0.348. The van der Waals surface area contributed by atoms with Gasteiger partial charge in [-0.05, 0) is 42.7 Å². The lowest BCUT2D eigenvalue weighted by molar-refractivity contribution is -0.115. The topological polar surface area (TPSA) is 69.0 Å². The predicted molar refractivity (Wildman–Crippen MR) is 130 cm³/mol. The molecule has 1 fully saturated rings. The van der Waals surface area contributed by atoms with Gasteiger partial charge in [-0.3, -0.25) is 4.79 Å². The van der Waals surface area contributed by atoms with Gasteiger partial charge in [0.25, 0.3) is 0 Å². The molecule has 1 N–H and O–H groups in total. The number of nitrogens with one attached hydrogen (secondary N) is 1. The highest BCUT2D eigenvalue weighted by atomic mass is 32.2. The maximum absolute atomic E-state index is 13.4. The second-order valence-corrected chi connectivity index (χ2v) is 8.98. The van der Waals surface area contributed by atoms with E-state index < -0.39 is 5.25 Å². The van der Waals surface area contributed by atoms with E-state index in [1.54, 1.807) is 13.2 Å². The number of rotatable bonds is 8. The lowest BCUT2D eigenvalue weighted by atomic mass is 10.1. The standard InChI is InChI=1S/C26H24N4O2S/c1-32-22-14-8-11-20(17-22)27-25(31)23(18-9-4-2-5-10-18)33-26-28-24(19-15-16-19)30(29-26)21-12-6-3-7-13-21/h2-14,17,19,23H,15-16H2,1H3,(H,27,31)/t23-/m1/s1. The van der Waals surface area contributed by atoms with Crippen LogP contribution >= 0.6 is 11.8 Å². The number of methoxy groups -OCH3 is 1. The van der Waals surface area contributed by atoms with E-state index in [1.807, 2.05) is 83.5 Å². The fraction of sp³-hybridized carbons (Fsp3) is 0.192. The first-order valence-electron chi connectivity index (χ1n) is 10.9. The SMILES string of the molecule is COc1cccc(NC(=O)[C@H](Sc2nc(C3CC3)n(-c3ccccc3)n2)c2ccccc2)c1. The van der Waals surface area contributed by atoms with E-state index in [4.69, 9.17) is 14.8 Å². The molecule has 7 heteroatoms. The molecule has 4 aromatic rings. The van der Waals surface area contributed by atoms with Gasteiger partial charge in [0.15, 0.2) is 0 Å². The summed E-state index contributed by atoms with van der Waals surface area (Å²) in [7, 11) is 1.61. The first-order chi connectivity index (χ1) is 16.2. The zero-order valence-corrected chi connectivity index (χ0v) is 19.0. The molecule has 1 heterocycles. The van der Waals surface area contributed by atoms with E-state index in [9.17, 15) is 4.79 Å². The number of thioether (sulfide) groups is 1. The average molecular weight is 457 g/mol. The van der Waals surface area contributed by atoms with Crippen molar-refractivity contribution in [2.75, 3.05) is 12.4 Å². The summed E-state index contributed by atoms with van der Waals surface area (Å²) in [6.07, 6.45) is 2.24. The Kier molecular flexibility index (Phi) is 6.13. The number of nitrogens with zero attached hydrogens (tertiary/aromatic N) is 3. The Balaban J connectivity index is 1.45. The molecule has 1 amide bonds. The molecule has 0 radical (unpaired) electrons. The van der Waals surface area contributed by atoms with E-state index in [-0.39, 0.29) is 5.91 Å². The van der Waals surface area contributed by atoms with E-state index >= 15 is 0 Å². The number of hydrogen-bond acceptors (Lipinski definition) is 5.